The van der Waals surface area contributed by atoms with Gasteiger partial charge in [0, 0.05) is 22.1 Å². The predicted octanol–water partition coefficient (Wildman–Crippen LogP) is 1.45. The third-order valence-electron chi connectivity index (χ3n) is 4.26. The van der Waals surface area contributed by atoms with Crippen LogP contribution in [0.4, 0.5) is 0 Å². The van der Waals surface area contributed by atoms with Crippen LogP contribution in [0, 0.1) is 6.92 Å². The first-order valence-electron chi connectivity index (χ1n) is 7.22. The molecule has 1 N–H and O–H groups in total. The number of carbonyl (C=O) groups is 1. The standard InChI is InChI=1S/C14H20N2O3S2/c1-3-21(18,19)9-8-16-12(11-5-4-10(2)20-11)15-14(6-7-14)13(16)17/h4-5,12,15H,3,6-9H2,1-2H3. The molecule has 0 bridgehead atoms. The fourth-order valence-corrected chi connectivity index (χ4v) is 4.42. The van der Waals surface area contributed by atoms with E-state index in [2.05, 4.69) is 5.32 Å². The summed E-state index contributed by atoms with van der Waals surface area (Å²) in [5, 5.41) is 3.42. The summed E-state index contributed by atoms with van der Waals surface area (Å²) in [6.07, 6.45) is 1.53. The topological polar surface area (TPSA) is 66.5 Å². The van der Waals surface area contributed by atoms with Gasteiger partial charge in [-0.15, -0.1) is 11.3 Å². The van der Waals surface area contributed by atoms with Crippen LogP contribution < -0.4 is 5.32 Å². The van der Waals surface area contributed by atoms with Crippen LogP contribution >= 0.6 is 11.3 Å². The van der Waals surface area contributed by atoms with Gasteiger partial charge in [0.05, 0.1) is 5.75 Å². The van der Waals surface area contributed by atoms with Gasteiger partial charge in [-0.3, -0.25) is 10.1 Å². The summed E-state index contributed by atoms with van der Waals surface area (Å²) >= 11 is 1.65. The van der Waals surface area contributed by atoms with Crippen molar-refractivity contribution in [3.8, 4) is 0 Å². The Hall–Kier alpha value is -0.920. The Kier molecular flexibility index (Phi) is 3.62. The van der Waals surface area contributed by atoms with Gasteiger partial charge in [0.1, 0.15) is 11.7 Å². The molecule has 1 atom stereocenters. The number of amides is 1. The van der Waals surface area contributed by atoms with Crippen LogP contribution in [-0.2, 0) is 14.6 Å². The summed E-state index contributed by atoms with van der Waals surface area (Å²) in [4.78, 5) is 16.5. The Morgan fingerprint density at radius 1 is 1.43 bits per heavy atom. The van der Waals surface area contributed by atoms with Gasteiger partial charge in [0.15, 0.2) is 9.84 Å². The Balaban J connectivity index is 1.82. The van der Waals surface area contributed by atoms with Gasteiger partial charge in [-0.1, -0.05) is 6.92 Å². The fourth-order valence-electron chi connectivity index (χ4n) is 2.71. The normalized spacial score (nSPS) is 24.0. The molecule has 2 aliphatic rings. The number of hydrogen-bond acceptors (Lipinski definition) is 5. The van der Waals surface area contributed by atoms with Gasteiger partial charge in [-0.25, -0.2) is 8.42 Å². The lowest BCUT2D eigenvalue weighted by Crippen LogP contribution is -2.35. The lowest BCUT2D eigenvalue weighted by molar-refractivity contribution is -0.130. The molecule has 21 heavy (non-hydrogen) atoms. The molecule has 1 amide bonds. The lowest BCUT2D eigenvalue weighted by atomic mass is 10.3. The lowest BCUT2D eigenvalue weighted by Gasteiger charge is -2.23. The van der Waals surface area contributed by atoms with Crippen LogP contribution in [0.15, 0.2) is 12.1 Å². The van der Waals surface area contributed by atoms with Crippen LogP contribution in [0.1, 0.15) is 35.7 Å². The molecule has 1 aliphatic carbocycles. The van der Waals surface area contributed by atoms with Crippen molar-refractivity contribution in [1.29, 1.82) is 0 Å². The van der Waals surface area contributed by atoms with E-state index in [0.29, 0.717) is 0 Å². The van der Waals surface area contributed by atoms with Crippen LogP contribution in [0.25, 0.3) is 0 Å². The van der Waals surface area contributed by atoms with E-state index in [1.54, 1.807) is 23.2 Å². The number of nitrogens with one attached hydrogen (secondary N) is 1. The highest BCUT2D eigenvalue weighted by molar-refractivity contribution is 7.91. The second-order valence-electron chi connectivity index (χ2n) is 5.81. The molecule has 1 aliphatic heterocycles. The van der Waals surface area contributed by atoms with Crippen LogP contribution in [0.3, 0.4) is 0 Å². The summed E-state index contributed by atoms with van der Waals surface area (Å²) in [6, 6.07) is 4.05. The molecule has 7 heteroatoms. The van der Waals surface area contributed by atoms with Crippen molar-refractivity contribution in [2.45, 2.75) is 38.4 Å². The molecule has 1 spiro atoms. The van der Waals surface area contributed by atoms with Crippen molar-refractivity contribution in [2.75, 3.05) is 18.1 Å². The van der Waals surface area contributed by atoms with Crippen molar-refractivity contribution in [2.24, 2.45) is 0 Å². The SMILES string of the molecule is CCS(=O)(=O)CCN1C(=O)C2(CC2)NC1c1ccc(C)s1. The first-order chi connectivity index (χ1) is 9.87. The molecule has 2 heterocycles. The number of hydrogen-bond donors (Lipinski definition) is 1. The summed E-state index contributed by atoms with van der Waals surface area (Å²) in [5.41, 5.74) is -0.418. The van der Waals surface area contributed by atoms with Crippen molar-refractivity contribution >= 4 is 27.1 Å². The van der Waals surface area contributed by atoms with E-state index in [0.717, 1.165) is 17.7 Å². The fraction of sp³-hybridized carbons (Fsp3) is 0.643. The molecule has 2 fully saturated rings. The highest BCUT2D eigenvalue weighted by atomic mass is 32.2. The zero-order valence-electron chi connectivity index (χ0n) is 12.3. The third-order valence-corrected chi connectivity index (χ3v) is 7.00. The Bertz CT molecular complexity index is 662. The van der Waals surface area contributed by atoms with Gasteiger partial charge >= 0.3 is 0 Å². The smallest absolute Gasteiger partial charge is 0.244 e. The molecule has 1 saturated carbocycles. The van der Waals surface area contributed by atoms with Gasteiger partial charge < -0.3 is 4.90 Å². The monoisotopic (exact) mass is 328 g/mol. The molecule has 1 aromatic heterocycles. The Labute approximate surface area is 129 Å². The molecular weight excluding hydrogens is 308 g/mol. The maximum absolute atomic E-state index is 12.6. The molecule has 1 aromatic rings. The van der Waals surface area contributed by atoms with Crippen molar-refractivity contribution < 1.29 is 13.2 Å². The maximum atomic E-state index is 12.6. The molecule has 0 radical (unpaired) electrons. The zero-order chi connectivity index (χ0) is 15.3. The first-order valence-corrected chi connectivity index (χ1v) is 9.86. The average molecular weight is 328 g/mol. The highest BCUT2D eigenvalue weighted by Gasteiger charge is 2.59. The summed E-state index contributed by atoms with van der Waals surface area (Å²) in [5.74, 6) is 0.217. The molecule has 0 aromatic carbocycles. The first kappa shape index (κ1) is 15.0. The quantitative estimate of drug-likeness (QED) is 0.888. The van der Waals surface area contributed by atoms with Gasteiger partial charge in [0.25, 0.3) is 0 Å². The van der Waals surface area contributed by atoms with Gasteiger partial charge in [-0.05, 0) is 31.9 Å². The number of sulfone groups is 1. The van der Waals surface area contributed by atoms with Crippen LogP contribution in [0.2, 0.25) is 0 Å². The van der Waals surface area contributed by atoms with E-state index in [1.807, 2.05) is 19.1 Å². The molecule has 116 valence electrons. The van der Waals surface area contributed by atoms with E-state index in [9.17, 15) is 13.2 Å². The van der Waals surface area contributed by atoms with Crippen LogP contribution in [-0.4, -0.2) is 42.8 Å². The Morgan fingerprint density at radius 2 is 2.14 bits per heavy atom. The van der Waals surface area contributed by atoms with Crippen molar-refractivity contribution in [3.63, 3.8) is 0 Å². The van der Waals surface area contributed by atoms with E-state index >= 15 is 0 Å². The summed E-state index contributed by atoms with van der Waals surface area (Å²) < 4.78 is 23.5. The van der Waals surface area contributed by atoms with Crippen LogP contribution in [0.5, 0.6) is 0 Å². The summed E-state index contributed by atoms with van der Waals surface area (Å²) in [6.45, 7) is 3.94. The molecule has 1 saturated heterocycles. The Morgan fingerprint density at radius 3 is 2.67 bits per heavy atom. The number of nitrogens with zero attached hydrogens (tertiary/aromatic N) is 1. The van der Waals surface area contributed by atoms with E-state index < -0.39 is 15.4 Å². The van der Waals surface area contributed by atoms with Crippen molar-refractivity contribution in [1.82, 2.24) is 10.2 Å². The summed E-state index contributed by atoms with van der Waals surface area (Å²) in [7, 11) is -3.07. The number of rotatable bonds is 5. The molecular formula is C14H20N2O3S2. The average Bonchev–Trinajstić information content (AvgIpc) is 3.02. The second kappa shape index (κ2) is 5.07. The van der Waals surface area contributed by atoms with Gasteiger partial charge in [0.2, 0.25) is 5.91 Å². The second-order valence-corrected chi connectivity index (χ2v) is 9.60. The third kappa shape index (κ3) is 2.74. The highest BCUT2D eigenvalue weighted by Crippen LogP contribution is 2.46. The minimum absolute atomic E-state index is 0.0356. The number of thiophene rings is 1. The maximum Gasteiger partial charge on any atom is 0.244 e. The van der Waals surface area contributed by atoms with E-state index in [-0.39, 0.29) is 30.1 Å². The molecule has 5 nitrogen and oxygen atoms in total. The number of aryl methyl sites for hydroxylation is 1. The van der Waals surface area contributed by atoms with E-state index in [4.69, 9.17) is 0 Å². The largest absolute Gasteiger partial charge is 0.319 e. The van der Waals surface area contributed by atoms with Gasteiger partial charge in [-0.2, -0.15) is 0 Å². The zero-order valence-corrected chi connectivity index (χ0v) is 13.9. The molecule has 1 unspecified atom stereocenters. The van der Waals surface area contributed by atoms with E-state index in [1.165, 1.54) is 4.88 Å². The van der Waals surface area contributed by atoms with Crippen molar-refractivity contribution in [3.05, 3.63) is 21.9 Å². The minimum atomic E-state index is -3.07. The number of carbonyl (C=O) groups excluding carboxylic acids is 1. The predicted molar refractivity (Wildman–Crippen MR) is 82.9 cm³/mol. The molecule has 3 rings (SSSR count). The minimum Gasteiger partial charge on any atom is -0.319 e.